The van der Waals surface area contributed by atoms with Gasteiger partial charge in [0.2, 0.25) is 5.75 Å². The third-order valence-electron chi connectivity index (χ3n) is 6.62. The number of amides is 1. The molecule has 9 nitrogen and oxygen atoms in total. The van der Waals surface area contributed by atoms with Gasteiger partial charge < -0.3 is 24.1 Å². The van der Waals surface area contributed by atoms with Crippen molar-refractivity contribution in [3.63, 3.8) is 0 Å². The highest BCUT2D eigenvalue weighted by Gasteiger charge is 2.48. The molecule has 0 unspecified atom stereocenters. The van der Waals surface area contributed by atoms with Crippen LogP contribution in [0.2, 0.25) is 0 Å². The van der Waals surface area contributed by atoms with E-state index in [2.05, 4.69) is 4.98 Å². The van der Waals surface area contributed by atoms with Gasteiger partial charge in [-0.05, 0) is 73.5 Å². The number of carbonyl (C=O) groups excluding carboxylic acids is 2. The third kappa shape index (κ3) is 4.60. The summed E-state index contributed by atoms with van der Waals surface area (Å²) in [6.07, 6.45) is 0. The van der Waals surface area contributed by atoms with E-state index in [4.69, 9.17) is 18.9 Å². The van der Waals surface area contributed by atoms with Crippen LogP contribution in [0, 0.1) is 6.92 Å². The number of thiazole rings is 1. The van der Waals surface area contributed by atoms with Crippen molar-refractivity contribution in [2.75, 3.05) is 32.8 Å². The van der Waals surface area contributed by atoms with Crippen LogP contribution in [0.1, 0.15) is 29.7 Å². The van der Waals surface area contributed by atoms with Crippen molar-refractivity contribution in [1.82, 2.24) is 4.98 Å². The van der Waals surface area contributed by atoms with E-state index in [-0.39, 0.29) is 11.3 Å². The predicted molar refractivity (Wildman–Crippen MR) is 153 cm³/mol. The molecule has 206 valence electrons. The fourth-order valence-electron chi connectivity index (χ4n) is 4.76. The van der Waals surface area contributed by atoms with E-state index in [0.717, 1.165) is 10.3 Å². The number of benzene rings is 3. The van der Waals surface area contributed by atoms with Gasteiger partial charge in [0.05, 0.1) is 49.8 Å². The number of Topliss-reactive ketones (excluding diaryl/α,β-unsaturated/α-hetero) is 1. The summed E-state index contributed by atoms with van der Waals surface area (Å²) >= 11 is 1.29. The van der Waals surface area contributed by atoms with Crippen molar-refractivity contribution in [3.05, 3.63) is 76.9 Å². The molecule has 1 amide bonds. The summed E-state index contributed by atoms with van der Waals surface area (Å²) in [5.41, 5.74) is 2.48. The molecule has 1 aliphatic heterocycles. The Bertz CT molecular complexity index is 1620. The van der Waals surface area contributed by atoms with E-state index < -0.39 is 17.7 Å². The van der Waals surface area contributed by atoms with E-state index in [1.807, 2.05) is 32.0 Å². The zero-order chi connectivity index (χ0) is 28.6. The predicted octanol–water partition coefficient (Wildman–Crippen LogP) is 5.66. The van der Waals surface area contributed by atoms with Crippen molar-refractivity contribution in [3.8, 4) is 23.0 Å². The summed E-state index contributed by atoms with van der Waals surface area (Å²) in [6, 6.07) is 14.7. The Morgan fingerprint density at radius 1 is 0.975 bits per heavy atom. The highest BCUT2D eigenvalue weighted by Crippen LogP contribution is 2.48. The van der Waals surface area contributed by atoms with Crippen LogP contribution in [0.25, 0.3) is 16.0 Å². The third-order valence-corrected chi connectivity index (χ3v) is 7.64. The molecule has 3 aromatic carbocycles. The van der Waals surface area contributed by atoms with E-state index in [0.29, 0.717) is 51.4 Å². The molecule has 0 bridgehead atoms. The molecule has 10 heteroatoms. The van der Waals surface area contributed by atoms with Gasteiger partial charge in [0, 0.05) is 5.56 Å². The van der Waals surface area contributed by atoms with E-state index >= 15 is 0 Å². The number of aliphatic hydroxyl groups excluding tert-OH is 1. The van der Waals surface area contributed by atoms with Crippen molar-refractivity contribution >= 4 is 44.1 Å². The van der Waals surface area contributed by atoms with Crippen LogP contribution in [0.4, 0.5) is 5.13 Å². The number of aliphatic hydroxyl groups is 1. The Kier molecular flexibility index (Phi) is 7.36. The average molecular weight is 561 g/mol. The number of hydrogen-bond donors (Lipinski definition) is 1. The number of ether oxygens (including phenoxy) is 4. The average Bonchev–Trinajstić information content (AvgIpc) is 3.49. The number of nitrogens with zero attached hydrogens (tertiary/aromatic N) is 2. The lowest BCUT2D eigenvalue weighted by molar-refractivity contribution is -0.132. The molecule has 2 heterocycles. The largest absolute Gasteiger partial charge is 0.507 e. The Hall–Kier alpha value is -4.57. The summed E-state index contributed by atoms with van der Waals surface area (Å²) in [7, 11) is 4.45. The van der Waals surface area contributed by atoms with Gasteiger partial charge in [-0.15, -0.1) is 0 Å². The maximum atomic E-state index is 13.6. The molecule has 1 N–H and O–H groups in total. The second-order valence-corrected chi connectivity index (χ2v) is 10.1. The van der Waals surface area contributed by atoms with Crippen LogP contribution < -0.4 is 23.8 Å². The van der Waals surface area contributed by atoms with Gasteiger partial charge in [-0.25, -0.2) is 4.98 Å². The molecular weight excluding hydrogens is 532 g/mol. The van der Waals surface area contributed by atoms with E-state index in [9.17, 15) is 14.7 Å². The standard InChI is InChI=1S/C30H28N2O7S/c1-6-39-19-10-8-17(9-11-19)26(33)24-25(18-14-21(36-3)28(38-5)22(15-18)37-4)32(29(35)27(24)34)30-31-20-12-7-16(2)13-23(20)40-30/h7-15,25,33H,6H2,1-5H3/t25-/m0/s1. The molecule has 1 aliphatic rings. The molecule has 1 fully saturated rings. The van der Waals surface area contributed by atoms with E-state index in [1.54, 1.807) is 36.4 Å². The molecule has 0 spiro atoms. The number of aromatic nitrogens is 1. The van der Waals surface area contributed by atoms with Crippen LogP contribution in [0.15, 0.2) is 60.2 Å². The number of fused-ring (bicyclic) bond motifs is 1. The maximum absolute atomic E-state index is 13.6. The lowest BCUT2D eigenvalue weighted by atomic mass is 9.94. The Balaban J connectivity index is 1.75. The number of rotatable bonds is 8. The second kappa shape index (κ2) is 10.9. The van der Waals surface area contributed by atoms with Crippen LogP contribution >= 0.6 is 11.3 Å². The van der Waals surface area contributed by atoms with Gasteiger partial charge in [-0.1, -0.05) is 17.4 Å². The fourth-order valence-corrected chi connectivity index (χ4v) is 5.85. The summed E-state index contributed by atoms with van der Waals surface area (Å²) < 4.78 is 23.0. The van der Waals surface area contributed by atoms with Gasteiger partial charge in [-0.3, -0.25) is 14.5 Å². The van der Waals surface area contributed by atoms with Gasteiger partial charge in [0.1, 0.15) is 11.5 Å². The molecule has 0 radical (unpaired) electrons. The van der Waals surface area contributed by atoms with Gasteiger partial charge in [-0.2, -0.15) is 0 Å². The van der Waals surface area contributed by atoms with Gasteiger partial charge >= 0.3 is 5.91 Å². The van der Waals surface area contributed by atoms with Crippen molar-refractivity contribution in [1.29, 1.82) is 0 Å². The van der Waals surface area contributed by atoms with Gasteiger partial charge in [0.25, 0.3) is 5.78 Å². The fraction of sp³-hybridized carbons (Fsp3) is 0.233. The van der Waals surface area contributed by atoms with Crippen LogP contribution in [-0.2, 0) is 9.59 Å². The monoisotopic (exact) mass is 560 g/mol. The topological polar surface area (TPSA) is 107 Å². The number of aryl methyl sites for hydroxylation is 1. The zero-order valence-corrected chi connectivity index (χ0v) is 23.5. The van der Waals surface area contributed by atoms with Crippen LogP contribution in [-0.4, -0.2) is 49.7 Å². The maximum Gasteiger partial charge on any atom is 0.301 e. The molecule has 1 atom stereocenters. The van der Waals surface area contributed by atoms with Crippen LogP contribution in [0.3, 0.4) is 0 Å². The highest BCUT2D eigenvalue weighted by atomic mass is 32.1. The first kappa shape index (κ1) is 27.0. The number of ketones is 1. The first-order valence-electron chi connectivity index (χ1n) is 12.5. The first-order chi connectivity index (χ1) is 19.3. The minimum absolute atomic E-state index is 0.0844. The summed E-state index contributed by atoms with van der Waals surface area (Å²) in [6.45, 7) is 4.33. The zero-order valence-electron chi connectivity index (χ0n) is 22.7. The summed E-state index contributed by atoms with van der Waals surface area (Å²) in [4.78, 5) is 33.3. The molecule has 1 saturated heterocycles. The lowest BCUT2D eigenvalue weighted by Crippen LogP contribution is -2.29. The number of hydrogen-bond acceptors (Lipinski definition) is 9. The van der Waals surface area contributed by atoms with Crippen LogP contribution in [0.5, 0.6) is 23.0 Å². The smallest absolute Gasteiger partial charge is 0.301 e. The van der Waals surface area contributed by atoms with Crippen molar-refractivity contribution in [2.24, 2.45) is 0 Å². The minimum atomic E-state index is -1.03. The molecule has 1 aromatic heterocycles. The molecule has 0 aliphatic carbocycles. The molecule has 4 aromatic rings. The normalized spacial score (nSPS) is 16.4. The quantitative estimate of drug-likeness (QED) is 0.167. The number of carbonyl (C=O) groups is 2. The highest BCUT2D eigenvalue weighted by molar-refractivity contribution is 7.22. The lowest BCUT2D eigenvalue weighted by Gasteiger charge is -2.24. The molecular formula is C30H28N2O7S. The molecule has 0 saturated carbocycles. The molecule has 40 heavy (non-hydrogen) atoms. The van der Waals surface area contributed by atoms with E-state index in [1.165, 1.54) is 37.6 Å². The Morgan fingerprint density at radius 3 is 2.25 bits per heavy atom. The van der Waals surface area contributed by atoms with Crippen molar-refractivity contribution in [2.45, 2.75) is 19.9 Å². The van der Waals surface area contributed by atoms with Gasteiger partial charge in [0.15, 0.2) is 16.6 Å². The number of methoxy groups -OCH3 is 3. The second-order valence-electron chi connectivity index (χ2n) is 9.05. The summed E-state index contributed by atoms with van der Waals surface area (Å²) in [5.74, 6) is -0.313. The number of anilines is 1. The van der Waals surface area contributed by atoms with Crippen molar-refractivity contribution < 1.29 is 33.6 Å². The SMILES string of the molecule is CCOc1ccc(C(O)=C2C(=O)C(=O)N(c3nc4ccc(C)cc4s3)[C@H]2c2cc(OC)c(OC)c(OC)c2)cc1. The molecule has 5 rings (SSSR count). The Labute approximate surface area is 235 Å². The summed E-state index contributed by atoms with van der Waals surface area (Å²) in [5, 5.41) is 11.8. The Morgan fingerprint density at radius 2 is 1.65 bits per heavy atom. The first-order valence-corrected chi connectivity index (χ1v) is 13.3. The minimum Gasteiger partial charge on any atom is -0.507 e.